The van der Waals surface area contributed by atoms with Crippen LogP contribution in [0.15, 0.2) is 30.3 Å². The molecule has 140 valence electrons. The number of rotatable bonds is 5. The largest absolute Gasteiger partial charge is 0.378 e. The Morgan fingerprint density at radius 1 is 1.23 bits per heavy atom. The Labute approximate surface area is 152 Å². The van der Waals surface area contributed by atoms with Gasteiger partial charge >= 0.3 is 0 Å². The summed E-state index contributed by atoms with van der Waals surface area (Å²) in [6.07, 6.45) is 1.35. The van der Waals surface area contributed by atoms with E-state index in [1.54, 1.807) is 24.3 Å². The first-order valence-corrected chi connectivity index (χ1v) is 9.14. The van der Waals surface area contributed by atoms with Gasteiger partial charge in [0.25, 0.3) is 5.91 Å². The van der Waals surface area contributed by atoms with E-state index in [9.17, 15) is 14.7 Å². The van der Waals surface area contributed by atoms with Crippen LogP contribution in [0.5, 0.6) is 0 Å². The van der Waals surface area contributed by atoms with Gasteiger partial charge < -0.3 is 26.2 Å². The molecule has 1 saturated carbocycles. The number of primary amides is 1. The molecule has 1 atom stereocenters. The third kappa shape index (κ3) is 2.46. The number of benzene rings is 1. The van der Waals surface area contributed by atoms with Crippen LogP contribution in [0.2, 0.25) is 0 Å². The number of nitrogens with two attached hydrogens (primary N) is 1. The summed E-state index contributed by atoms with van der Waals surface area (Å²) in [7, 11) is 0. The van der Waals surface area contributed by atoms with E-state index < -0.39 is 28.6 Å². The first-order chi connectivity index (χ1) is 12.4. The Morgan fingerprint density at radius 2 is 1.88 bits per heavy atom. The highest BCUT2D eigenvalue weighted by Crippen LogP contribution is 2.68. The SMILES string of the molecule is NC(=O)C12CC(CNC(=O)C(O)c3ccccc3)(C1)OC21CCNCC1. The van der Waals surface area contributed by atoms with Gasteiger partial charge in [-0.3, -0.25) is 9.59 Å². The van der Waals surface area contributed by atoms with Gasteiger partial charge in [-0.2, -0.15) is 0 Å². The number of amides is 2. The van der Waals surface area contributed by atoms with Crippen molar-refractivity contribution < 1.29 is 19.4 Å². The lowest BCUT2D eigenvalue weighted by molar-refractivity contribution is -0.137. The van der Waals surface area contributed by atoms with E-state index in [0.717, 1.165) is 25.9 Å². The molecule has 4 fully saturated rings. The van der Waals surface area contributed by atoms with Gasteiger partial charge in [-0.1, -0.05) is 30.3 Å². The number of hydrogen-bond acceptors (Lipinski definition) is 5. The van der Waals surface area contributed by atoms with Crippen LogP contribution in [0.25, 0.3) is 0 Å². The molecule has 1 unspecified atom stereocenters. The Bertz CT molecular complexity index is 709. The van der Waals surface area contributed by atoms with Crippen molar-refractivity contribution in [3.05, 3.63) is 35.9 Å². The van der Waals surface area contributed by atoms with Crippen LogP contribution in [0.1, 0.15) is 37.4 Å². The van der Waals surface area contributed by atoms with Crippen LogP contribution in [-0.2, 0) is 14.3 Å². The number of carbonyl (C=O) groups excluding carboxylic acids is 2. The summed E-state index contributed by atoms with van der Waals surface area (Å²) in [5.41, 5.74) is 4.59. The first-order valence-electron chi connectivity index (χ1n) is 9.14. The summed E-state index contributed by atoms with van der Waals surface area (Å²) in [4.78, 5) is 24.5. The quantitative estimate of drug-likeness (QED) is 0.591. The Hall–Kier alpha value is -1.96. The number of nitrogens with one attached hydrogen (secondary N) is 2. The molecule has 26 heavy (non-hydrogen) atoms. The molecule has 5 N–H and O–H groups in total. The fourth-order valence-corrected chi connectivity index (χ4v) is 5.06. The fraction of sp³-hybridized carbons (Fsp3) is 0.579. The van der Waals surface area contributed by atoms with E-state index in [2.05, 4.69) is 10.6 Å². The maximum atomic E-state index is 12.3. The number of piperidine rings is 1. The minimum absolute atomic E-state index is 0.278. The second kappa shape index (κ2) is 6.04. The van der Waals surface area contributed by atoms with E-state index in [4.69, 9.17) is 10.5 Å². The molecule has 7 heteroatoms. The van der Waals surface area contributed by atoms with Gasteiger partial charge in [-0.15, -0.1) is 0 Å². The fourth-order valence-electron chi connectivity index (χ4n) is 5.06. The molecule has 0 radical (unpaired) electrons. The second-order valence-corrected chi connectivity index (χ2v) is 7.86. The number of carbonyl (C=O) groups is 2. The second-order valence-electron chi connectivity index (χ2n) is 7.86. The highest BCUT2D eigenvalue weighted by atomic mass is 16.5. The van der Waals surface area contributed by atoms with Crippen LogP contribution in [0.4, 0.5) is 0 Å². The molecule has 4 aliphatic rings. The van der Waals surface area contributed by atoms with Crippen molar-refractivity contribution in [3.63, 3.8) is 0 Å². The lowest BCUT2D eigenvalue weighted by Crippen LogP contribution is -2.61. The minimum Gasteiger partial charge on any atom is -0.378 e. The molecule has 1 aliphatic carbocycles. The van der Waals surface area contributed by atoms with Gasteiger partial charge in [0.2, 0.25) is 5.91 Å². The topological polar surface area (TPSA) is 114 Å². The smallest absolute Gasteiger partial charge is 0.253 e. The highest BCUT2D eigenvalue weighted by molar-refractivity contribution is 5.86. The van der Waals surface area contributed by atoms with Crippen molar-refractivity contribution >= 4 is 11.8 Å². The highest BCUT2D eigenvalue weighted by Gasteiger charge is 2.77. The number of hydrogen-bond donors (Lipinski definition) is 4. The molecule has 1 spiro atoms. The van der Waals surface area contributed by atoms with Crippen molar-refractivity contribution in [2.45, 2.75) is 43.0 Å². The zero-order chi connectivity index (χ0) is 18.4. The molecule has 5 rings (SSSR count). The Morgan fingerprint density at radius 3 is 2.50 bits per heavy atom. The van der Waals surface area contributed by atoms with E-state index in [-0.39, 0.29) is 12.5 Å². The molecule has 3 heterocycles. The van der Waals surface area contributed by atoms with Gasteiger partial charge in [0.05, 0.1) is 16.6 Å². The van der Waals surface area contributed by atoms with E-state index in [0.29, 0.717) is 18.4 Å². The molecular formula is C19H25N3O4. The Balaban J connectivity index is 1.44. The summed E-state index contributed by atoms with van der Waals surface area (Å²) in [5, 5.41) is 16.3. The molecular weight excluding hydrogens is 334 g/mol. The van der Waals surface area contributed by atoms with Gasteiger partial charge in [0, 0.05) is 6.54 Å². The standard InChI is InChI=1S/C19H25N3O4/c20-16(25)18-10-17(11-18,26-19(18)6-8-21-9-7-19)12-22-15(24)14(23)13-4-2-1-3-5-13/h1-5,14,21,23H,6-12H2,(H2,20,25)(H,22,24). The number of aliphatic hydroxyl groups excluding tert-OH is 1. The van der Waals surface area contributed by atoms with E-state index >= 15 is 0 Å². The molecule has 7 nitrogen and oxygen atoms in total. The predicted molar refractivity (Wildman–Crippen MR) is 93.9 cm³/mol. The summed E-state index contributed by atoms with van der Waals surface area (Å²) in [6, 6.07) is 8.80. The minimum atomic E-state index is -1.22. The zero-order valence-electron chi connectivity index (χ0n) is 14.7. The summed E-state index contributed by atoms with van der Waals surface area (Å²) in [6.45, 7) is 1.87. The summed E-state index contributed by atoms with van der Waals surface area (Å²) < 4.78 is 6.41. The first kappa shape index (κ1) is 17.5. The molecule has 1 aromatic rings. The van der Waals surface area contributed by atoms with Crippen molar-refractivity contribution in [3.8, 4) is 0 Å². The third-order valence-electron chi connectivity index (χ3n) is 6.36. The van der Waals surface area contributed by atoms with Crippen molar-refractivity contribution in [2.75, 3.05) is 19.6 Å². The van der Waals surface area contributed by atoms with Crippen molar-refractivity contribution in [1.29, 1.82) is 0 Å². The van der Waals surface area contributed by atoms with Crippen LogP contribution in [0.3, 0.4) is 0 Å². The number of ether oxygens (including phenoxy) is 1. The summed E-state index contributed by atoms with van der Waals surface area (Å²) >= 11 is 0. The predicted octanol–water partition coefficient (Wildman–Crippen LogP) is -0.00710. The monoisotopic (exact) mass is 359 g/mol. The average Bonchev–Trinajstić information content (AvgIpc) is 3.05. The van der Waals surface area contributed by atoms with Gasteiger partial charge in [0.15, 0.2) is 6.10 Å². The summed E-state index contributed by atoms with van der Waals surface area (Å²) in [5.74, 6) is -0.764. The third-order valence-corrected chi connectivity index (χ3v) is 6.36. The van der Waals surface area contributed by atoms with Gasteiger partial charge in [-0.05, 0) is 44.3 Å². The van der Waals surface area contributed by atoms with Gasteiger partial charge in [0.1, 0.15) is 0 Å². The van der Waals surface area contributed by atoms with Crippen LogP contribution < -0.4 is 16.4 Å². The lowest BCUT2D eigenvalue weighted by Gasteiger charge is -2.47. The normalized spacial score (nSPS) is 32.7. The Kier molecular flexibility index (Phi) is 4.06. The van der Waals surface area contributed by atoms with Crippen molar-refractivity contribution in [1.82, 2.24) is 10.6 Å². The van der Waals surface area contributed by atoms with Crippen LogP contribution >= 0.6 is 0 Å². The van der Waals surface area contributed by atoms with Crippen LogP contribution in [-0.4, -0.2) is 47.8 Å². The zero-order valence-corrected chi connectivity index (χ0v) is 14.7. The molecule has 3 saturated heterocycles. The molecule has 3 aliphatic heterocycles. The molecule has 0 aromatic heterocycles. The number of aliphatic hydroxyl groups is 1. The van der Waals surface area contributed by atoms with Gasteiger partial charge in [-0.25, -0.2) is 0 Å². The van der Waals surface area contributed by atoms with Crippen molar-refractivity contribution in [2.24, 2.45) is 11.1 Å². The van der Waals surface area contributed by atoms with E-state index in [1.807, 2.05) is 6.07 Å². The molecule has 1 aromatic carbocycles. The molecule has 2 amide bonds. The average molecular weight is 359 g/mol. The lowest BCUT2D eigenvalue weighted by atomic mass is 9.53. The maximum Gasteiger partial charge on any atom is 0.253 e. The molecule has 2 bridgehead atoms. The van der Waals surface area contributed by atoms with E-state index in [1.165, 1.54) is 0 Å². The van der Waals surface area contributed by atoms with Crippen LogP contribution in [0, 0.1) is 5.41 Å². The maximum absolute atomic E-state index is 12.3.